The van der Waals surface area contributed by atoms with Gasteiger partial charge in [0.15, 0.2) is 0 Å². The number of carbonyl (C=O) groups excluding carboxylic acids is 1. The molecule has 158 valence electrons. The van der Waals surface area contributed by atoms with Crippen LogP contribution in [0.15, 0.2) is 6.20 Å². The molecule has 0 spiro atoms. The number of likely N-dealkylation sites (tertiary alicyclic amines) is 1. The summed E-state index contributed by atoms with van der Waals surface area (Å²) in [5.74, 6) is -0.403. The highest BCUT2D eigenvalue weighted by molar-refractivity contribution is 7.99. The minimum Gasteiger partial charge on any atom is -0.306 e. The number of hydrogen-bond acceptors (Lipinski definition) is 6. The molecule has 1 fully saturated rings. The first-order chi connectivity index (χ1) is 13.9. The van der Waals surface area contributed by atoms with Gasteiger partial charge in [0, 0.05) is 23.3 Å². The number of likely N-dealkylation sites (N-methyl/N-ethyl adjacent to an activating group) is 1. The van der Waals surface area contributed by atoms with Crippen molar-refractivity contribution in [3.63, 3.8) is 0 Å². The summed E-state index contributed by atoms with van der Waals surface area (Å²) in [6.07, 6.45) is 6.76. The molecular weight excluding hydrogens is 411 g/mol. The quantitative estimate of drug-likeness (QED) is 0.697. The second-order valence-electron chi connectivity index (χ2n) is 7.76. The topological polar surface area (TPSA) is 65.4 Å². The molecule has 1 atom stereocenters. The van der Waals surface area contributed by atoms with Crippen molar-refractivity contribution in [1.82, 2.24) is 19.4 Å². The van der Waals surface area contributed by atoms with E-state index in [2.05, 4.69) is 27.1 Å². The molecule has 3 heterocycles. The predicted molar refractivity (Wildman–Crippen MR) is 117 cm³/mol. The molecule has 0 saturated carbocycles. The summed E-state index contributed by atoms with van der Waals surface area (Å²) in [7, 11) is 3.64. The summed E-state index contributed by atoms with van der Waals surface area (Å²) in [5.41, 5.74) is 2.61. The van der Waals surface area contributed by atoms with Gasteiger partial charge in [-0.25, -0.2) is 9.48 Å². The summed E-state index contributed by atoms with van der Waals surface area (Å²) >= 11 is 2.90. The molecule has 2 aliphatic rings. The number of piperidine rings is 1. The Kier molecular flexibility index (Phi) is 6.03. The highest BCUT2D eigenvalue weighted by atomic mass is 32.2. The maximum Gasteiger partial charge on any atom is 0.330 e. The first-order valence-electron chi connectivity index (χ1n) is 9.94. The normalized spacial score (nSPS) is 19.2. The van der Waals surface area contributed by atoms with Gasteiger partial charge in [-0.1, -0.05) is 0 Å². The van der Waals surface area contributed by atoms with Crippen LogP contribution in [-0.2, 0) is 19.9 Å². The first kappa shape index (κ1) is 20.5. The lowest BCUT2D eigenvalue weighted by atomic mass is 10.1. The van der Waals surface area contributed by atoms with Crippen LogP contribution in [0.4, 0.5) is 20.6 Å². The number of nitrogens with one attached hydrogen (secondary N) is 2. The number of halogens is 1. The molecule has 2 amide bonds. The van der Waals surface area contributed by atoms with Crippen LogP contribution in [0.3, 0.4) is 0 Å². The fraction of sp³-hybridized carbons (Fsp3) is 0.579. The van der Waals surface area contributed by atoms with E-state index in [0.29, 0.717) is 5.69 Å². The summed E-state index contributed by atoms with van der Waals surface area (Å²) in [5, 5.41) is 7.05. The number of fused-ring (bicyclic) bond motifs is 1. The van der Waals surface area contributed by atoms with Crippen LogP contribution in [0.5, 0.6) is 0 Å². The second-order valence-corrected chi connectivity index (χ2v) is 9.85. The number of rotatable bonds is 5. The number of anilines is 2. The summed E-state index contributed by atoms with van der Waals surface area (Å²) in [6.45, 7) is 3.88. The molecule has 1 aliphatic heterocycles. The van der Waals surface area contributed by atoms with Crippen LogP contribution >= 0.6 is 23.5 Å². The Balaban J connectivity index is 1.46. The Morgan fingerprint density at radius 1 is 1.38 bits per heavy atom. The Bertz CT molecular complexity index is 898. The number of aromatic nitrogens is 2. The minimum absolute atomic E-state index is 0.0879. The van der Waals surface area contributed by atoms with Gasteiger partial charge in [-0.15, -0.1) is 11.3 Å². The highest BCUT2D eigenvalue weighted by Crippen LogP contribution is 2.38. The van der Waals surface area contributed by atoms with E-state index in [1.165, 1.54) is 21.3 Å². The Hall–Kier alpha value is -1.78. The third kappa shape index (κ3) is 4.24. The van der Waals surface area contributed by atoms with Gasteiger partial charge >= 0.3 is 6.03 Å². The molecule has 0 bridgehead atoms. The molecular formula is C19H27FN6OS2. The van der Waals surface area contributed by atoms with Gasteiger partial charge in [-0.3, -0.25) is 9.03 Å². The highest BCUT2D eigenvalue weighted by Gasteiger charge is 2.29. The largest absolute Gasteiger partial charge is 0.330 e. The molecule has 29 heavy (non-hydrogen) atoms. The van der Waals surface area contributed by atoms with Crippen molar-refractivity contribution >= 4 is 40.9 Å². The number of urea groups is 1. The average Bonchev–Trinajstić information content (AvgIpc) is 3.35. The van der Waals surface area contributed by atoms with Crippen LogP contribution < -0.4 is 14.3 Å². The fourth-order valence-corrected chi connectivity index (χ4v) is 6.14. The molecule has 0 aromatic carbocycles. The van der Waals surface area contributed by atoms with Gasteiger partial charge in [-0.2, -0.15) is 9.49 Å². The smallest absolute Gasteiger partial charge is 0.306 e. The van der Waals surface area contributed by atoms with E-state index in [1.807, 2.05) is 11.2 Å². The maximum atomic E-state index is 14.6. The third-order valence-corrected chi connectivity index (χ3v) is 7.77. The van der Waals surface area contributed by atoms with Crippen LogP contribution in [0.2, 0.25) is 0 Å². The fourth-order valence-electron chi connectivity index (χ4n) is 4.14. The molecule has 7 nitrogen and oxygen atoms in total. The van der Waals surface area contributed by atoms with Crippen molar-refractivity contribution < 1.29 is 9.18 Å². The van der Waals surface area contributed by atoms with Crippen LogP contribution in [0, 0.1) is 12.9 Å². The van der Waals surface area contributed by atoms with Gasteiger partial charge in [-0.05, 0) is 58.2 Å². The number of amides is 2. The van der Waals surface area contributed by atoms with Gasteiger partial charge in [0.1, 0.15) is 5.69 Å². The SMILES string of the molecule is Cc1sc2c(c1NC(=O)NSN(c1cnn(C)c1F)C1CCCN(C)C1)CCC2. The second kappa shape index (κ2) is 8.53. The van der Waals surface area contributed by atoms with Gasteiger partial charge in [0.05, 0.1) is 30.1 Å². The minimum atomic E-state index is -0.403. The van der Waals surface area contributed by atoms with Crippen molar-refractivity contribution in [3.05, 3.63) is 27.5 Å². The van der Waals surface area contributed by atoms with Gasteiger partial charge < -0.3 is 10.2 Å². The monoisotopic (exact) mass is 438 g/mol. The van der Waals surface area contributed by atoms with Gasteiger partial charge in [0.25, 0.3) is 0 Å². The lowest BCUT2D eigenvalue weighted by Gasteiger charge is -2.37. The van der Waals surface area contributed by atoms with E-state index in [9.17, 15) is 9.18 Å². The molecule has 2 N–H and O–H groups in total. The summed E-state index contributed by atoms with van der Waals surface area (Å²) in [6, 6.07) is -0.200. The number of hydrogen-bond donors (Lipinski definition) is 2. The van der Waals surface area contributed by atoms with E-state index < -0.39 is 5.95 Å². The Morgan fingerprint density at radius 3 is 2.93 bits per heavy atom. The van der Waals surface area contributed by atoms with Crippen molar-refractivity contribution in [3.8, 4) is 0 Å². The molecule has 0 radical (unpaired) electrons. The van der Waals surface area contributed by atoms with Crippen LogP contribution in [-0.4, -0.2) is 46.9 Å². The molecule has 2 aromatic rings. The summed E-state index contributed by atoms with van der Waals surface area (Å²) < 4.78 is 20.5. The number of carbonyl (C=O) groups is 1. The van der Waals surface area contributed by atoms with Crippen molar-refractivity contribution in [2.24, 2.45) is 7.05 Å². The number of thiophene rings is 1. The lowest BCUT2D eigenvalue weighted by molar-refractivity contribution is 0.253. The predicted octanol–water partition coefficient (Wildman–Crippen LogP) is 3.70. The Labute approximate surface area is 178 Å². The van der Waals surface area contributed by atoms with E-state index in [0.717, 1.165) is 67.9 Å². The standard InChI is InChI=1S/C19H27FN6OS2/c1-12-17(14-7-4-8-16(14)28-12)22-19(27)23-29-26(13-6-5-9-24(2)11-13)15-10-21-25(3)18(15)20/h10,13H,4-9,11H2,1-3H3,(H2,22,23,27). The van der Waals surface area contributed by atoms with Crippen LogP contribution in [0.1, 0.15) is 34.6 Å². The number of aryl methyl sites for hydroxylation is 3. The number of nitrogens with zero attached hydrogens (tertiary/aromatic N) is 4. The van der Waals surface area contributed by atoms with E-state index in [-0.39, 0.29) is 12.1 Å². The van der Waals surface area contributed by atoms with Crippen molar-refractivity contribution in [2.45, 2.75) is 45.1 Å². The third-order valence-electron chi connectivity index (χ3n) is 5.59. The maximum absolute atomic E-state index is 14.6. The molecule has 1 aliphatic carbocycles. The van der Waals surface area contributed by atoms with E-state index >= 15 is 0 Å². The first-order valence-corrected chi connectivity index (χ1v) is 11.5. The zero-order chi connectivity index (χ0) is 20.5. The summed E-state index contributed by atoms with van der Waals surface area (Å²) in [4.78, 5) is 17.4. The molecule has 2 aromatic heterocycles. The van der Waals surface area contributed by atoms with Crippen LogP contribution in [0.25, 0.3) is 0 Å². The van der Waals surface area contributed by atoms with Crippen molar-refractivity contribution in [2.75, 3.05) is 29.8 Å². The zero-order valence-corrected chi connectivity index (χ0v) is 18.6. The van der Waals surface area contributed by atoms with E-state index in [4.69, 9.17) is 0 Å². The molecule has 10 heteroatoms. The van der Waals surface area contributed by atoms with Crippen molar-refractivity contribution in [1.29, 1.82) is 0 Å². The Morgan fingerprint density at radius 2 is 2.21 bits per heavy atom. The zero-order valence-electron chi connectivity index (χ0n) is 17.0. The van der Waals surface area contributed by atoms with E-state index in [1.54, 1.807) is 18.4 Å². The van der Waals surface area contributed by atoms with Gasteiger partial charge in [0.2, 0.25) is 5.95 Å². The molecule has 1 unspecified atom stereocenters. The molecule has 1 saturated heterocycles. The average molecular weight is 439 g/mol. The molecule has 4 rings (SSSR count). The lowest BCUT2D eigenvalue weighted by Crippen LogP contribution is -2.45.